The van der Waals surface area contributed by atoms with Crippen molar-refractivity contribution in [2.24, 2.45) is 0 Å². The average Bonchev–Trinajstić information content (AvgIpc) is 3.27. The number of hydrogen-bond acceptors (Lipinski definition) is 8. The molecule has 1 saturated heterocycles. The molecule has 0 radical (unpaired) electrons. The number of benzene rings is 1. The maximum atomic E-state index is 12.0. The fourth-order valence-electron chi connectivity index (χ4n) is 2.89. The Morgan fingerprint density at radius 1 is 1.17 bits per heavy atom. The second-order valence-corrected chi connectivity index (χ2v) is 7.07. The topological polar surface area (TPSA) is 102 Å². The summed E-state index contributed by atoms with van der Waals surface area (Å²) in [6, 6.07) is 6.99. The lowest BCUT2D eigenvalue weighted by atomic mass is 10.2. The van der Waals surface area contributed by atoms with E-state index < -0.39 is 0 Å². The van der Waals surface area contributed by atoms with Gasteiger partial charge < -0.3 is 19.7 Å². The van der Waals surface area contributed by atoms with Crippen LogP contribution in [-0.4, -0.2) is 54.4 Å². The summed E-state index contributed by atoms with van der Waals surface area (Å²) in [5, 5.41) is 7.79. The quantitative estimate of drug-likeness (QED) is 0.664. The largest absolute Gasteiger partial charge is 0.491 e. The molecule has 29 heavy (non-hydrogen) atoms. The van der Waals surface area contributed by atoms with E-state index >= 15 is 0 Å². The van der Waals surface area contributed by atoms with E-state index in [9.17, 15) is 4.79 Å². The van der Waals surface area contributed by atoms with Crippen LogP contribution in [0, 0.1) is 0 Å². The minimum Gasteiger partial charge on any atom is -0.491 e. The van der Waals surface area contributed by atoms with Gasteiger partial charge in [-0.3, -0.25) is 5.32 Å². The van der Waals surface area contributed by atoms with E-state index in [1.54, 1.807) is 37.0 Å². The fourth-order valence-corrected chi connectivity index (χ4v) is 3.42. The number of urea groups is 1. The molecule has 2 amide bonds. The monoisotopic (exact) mass is 412 g/mol. The Hall–Kier alpha value is -3.24. The second-order valence-electron chi connectivity index (χ2n) is 6.18. The molecule has 2 aromatic heterocycles. The lowest BCUT2D eigenvalue weighted by Gasteiger charge is -2.28. The standard InChI is InChI=1S/C19H20N6O3S/c1-27-15-12-21-16(23-17(15)25-7-9-28-10-8-25)13-2-4-14(5-3-13)22-18(26)24-19-20-6-11-29-19/h2-6,11-12H,7-10H2,1H3,(H2,20,22,24,26). The first kappa shape index (κ1) is 19.1. The normalized spacial score (nSPS) is 13.8. The van der Waals surface area contributed by atoms with Crippen molar-refractivity contribution in [1.82, 2.24) is 15.0 Å². The third-order valence-corrected chi connectivity index (χ3v) is 5.01. The molecule has 0 atom stereocenters. The number of ether oxygens (including phenoxy) is 2. The van der Waals surface area contributed by atoms with Crippen LogP contribution in [0.25, 0.3) is 11.4 Å². The van der Waals surface area contributed by atoms with Crippen LogP contribution in [0.1, 0.15) is 0 Å². The SMILES string of the molecule is COc1cnc(-c2ccc(NC(=O)Nc3nccs3)cc2)nc1N1CCOCC1. The first-order chi connectivity index (χ1) is 14.2. The van der Waals surface area contributed by atoms with Crippen molar-refractivity contribution < 1.29 is 14.3 Å². The molecule has 3 heterocycles. The van der Waals surface area contributed by atoms with E-state index in [1.807, 2.05) is 12.1 Å². The lowest BCUT2D eigenvalue weighted by Crippen LogP contribution is -2.37. The minimum absolute atomic E-state index is 0.344. The highest BCUT2D eigenvalue weighted by molar-refractivity contribution is 7.13. The molecule has 0 saturated carbocycles. The molecule has 0 spiro atoms. The zero-order valence-electron chi connectivity index (χ0n) is 15.8. The van der Waals surface area contributed by atoms with E-state index in [4.69, 9.17) is 14.5 Å². The number of carbonyl (C=O) groups excluding carboxylic acids is 1. The maximum absolute atomic E-state index is 12.0. The van der Waals surface area contributed by atoms with E-state index in [1.165, 1.54) is 11.3 Å². The van der Waals surface area contributed by atoms with E-state index in [0.717, 1.165) is 24.5 Å². The highest BCUT2D eigenvalue weighted by Gasteiger charge is 2.18. The third-order valence-electron chi connectivity index (χ3n) is 4.32. The highest BCUT2D eigenvalue weighted by Crippen LogP contribution is 2.29. The van der Waals surface area contributed by atoms with Gasteiger partial charge in [0.1, 0.15) is 0 Å². The van der Waals surface area contributed by atoms with Gasteiger partial charge in [-0.2, -0.15) is 0 Å². The number of morpholine rings is 1. The number of anilines is 3. The number of amides is 2. The van der Waals surface area contributed by atoms with Crippen LogP contribution >= 0.6 is 11.3 Å². The molecular weight excluding hydrogens is 392 g/mol. The molecule has 4 rings (SSSR count). The van der Waals surface area contributed by atoms with E-state index in [-0.39, 0.29) is 6.03 Å². The number of hydrogen-bond donors (Lipinski definition) is 2. The van der Waals surface area contributed by atoms with Crippen molar-refractivity contribution >= 4 is 34.0 Å². The van der Waals surface area contributed by atoms with Crippen LogP contribution in [0.4, 0.5) is 21.4 Å². The molecule has 9 nitrogen and oxygen atoms in total. The smallest absolute Gasteiger partial charge is 0.325 e. The molecule has 1 aromatic carbocycles. The molecule has 10 heteroatoms. The Kier molecular flexibility index (Phi) is 5.82. The summed E-state index contributed by atoms with van der Waals surface area (Å²) < 4.78 is 10.8. The van der Waals surface area contributed by atoms with Crippen molar-refractivity contribution in [1.29, 1.82) is 0 Å². The zero-order chi connectivity index (χ0) is 20.1. The molecule has 0 aliphatic carbocycles. The maximum Gasteiger partial charge on any atom is 0.325 e. The second kappa shape index (κ2) is 8.84. The summed E-state index contributed by atoms with van der Waals surface area (Å²) in [7, 11) is 1.61. The molecule has 0 unspecified atom stereocenters. The number of nitrogens with zero attached hydrogens (tertiary/aromatic N) is 4. The van der Waals surface area contributed by atoms with Crippen molar-refractivity contribution in [3.05, 3.63) is 42.0 Å². The number of methoxy groups -OCH3 is 1. The molecule has 2 N–H and O–H groups in total. The number of carbonyl (C=O) groups is 1. The fraction of sp³-hybridized carbons (Fsp3) is 0.263. The molecular formula is C19H20N6O3S. The molecule has 150 valence electrons. The van der Waals surface area contributed by atoms with Gasteiger partial charge in [0, 0.05) is 35.9 Å². The van der Waals surface area contributed by atoms with Gasteiger partial charge in [0.25, 0.3) is 0 Å². The number of nitrogens with one attached hydrogen (secondary N) is 2. The Labute approximate surface area is 171 Å². The number of aromatic nitrogens is 3. The van der Waals surface area contributed by atoms with Crippen LogP contribution in [-0.2, 0) is 4.74 Å². The molecule has 3 aromatic rings. The minimum atomic E-state index is -0.344. The third kappa shape index (κ3) is 4.61. The van der Waals surface area contributed by atoms with Gasteiger partial charge in [-0.05, 0) is 24.3 Å². The van der Waals surface area contributed by atoms with E-state index in [2.05, 4.69) is 25.5 Å². The van der Waals surface area contributed by atoms with Crippen molar-refractivity contribution in [3.8, 4) is 17.1 Å². The van der Waals surface area contributed by atoms with Gasteiger partial charge in [0.2, 0.25) is 0 Å². The summed E-state index contributed by atoms with van der Waals surface area (Å²) in [5.74, 6) is 1.98. The van der Waals surface area contributed by atoms with Crippen molar-refractivity contribution in [2.75, 3.05) is 48.9 Å². The predicted octanol–water partition coefficient (Wildman–Crippen LogP) is 3.09. The van der Waals surface area contributed by atoms with Crippen molar-refractivity contribution in [2.45, 2.75) is 0 Å². The van der Waals surface area contributed by atoms with Crippen LogP contribution < -0.4 is 20.3 Å². The Bertz CT molecular complexity index is 959. The average molecular weight is 412 g/mol. The van der Waals surface area contributed by atoms with Crippen LogP contribution in [0.2, 0.25) is 0 Å². The van der Waals surface area contributed by atoms with Gasteiger partial charge in [-0.1, -0.05) is 0 Å². The Balaban J connectivity index is 1.49. The highest BCUT2D eigenvalue weighted by atomic mass is 32.1. The van der Waals surface area contributed by atoms with Gasteiger partial charge in [0.15, 0.2) is 22.5 Å². The number of rotatable bonds is 5. The first-order valence-corrected chi connectivity index (χ1v) is 9.92. The summed E-state index contributed by atoms with van der Waals surface area (Å²) >= 11 is 1.36. The summed E-state index contributed by atoms with van der Waals surface area (Å²) in [4.78, 5) is 27.3. The Morgan fingerprint density at radius 2 is 1.97 bits per heavy atom. The predicted molar refractivity (Wildman–Crippen MR) is 112 cm³/mol. The summed E-state index contributed by atoms with van der Waals surface area (Å²) in [6.45, 7) is 2.82. The van der Waals surface area contributed by atoms with Crippen LogP contribution in [0.5, 0.6) is 5.75 Å². The number of thiazole rings is 1. The first-order valence-electron chi connectivity index (χ1n) is 9.04. The molecule has 0 bridgehead atoms. The summed E-state index contributed by atoms with van der Waals surface area (Å²) in [6.07, 6.45) is 3.32. The molecule has 1 aliphatic rings. The van der Waals surface area contributed by atoms with Gasteiger partial charge in [-0.25, -0.2) is 19.7 Å². The molecule has 1 fully saturated rings. The summed E-state index contributed by atoms with van der Waals surface area (Å²) in [5.41, 5.74) is 1.50. The lowest BCUT2D eigenvalue weighted by molar-refractivity contribution is 0.122. The van der Waals surface area contributed by atoms with Gasteiger partial charge >= 0.3 is 6.03 Å². The van der Waals surface area contributed by atoms with Crippen LogP contribution in [0.15, 0.2) is 42.0 Å². The van der Waals surface area contributed by atoms with Gasteiger partial charge in [-0.15, -0.1) is 11.3 Å². The Morgan fingerprint density at radius 3 is 2.66 bits per heavy atom. The van der Waals surface area contributed by atoms with Gasteiger partial charge in [0.05, 0.1) is 26.5 Å². The van der Waals surface area contributed by atoms with Crippen LogP contribution in [0.3, 0.4) is 0 Å². The molecule has 1 aliphatic heterocycles. The van der Waals surface area contributed by atoms with Crippen molar-refractivity contribution in [3.63, 3.8) is 0 Å². The zero-order valence-corrected chi connectivity index (χ0v) is 16.6. The van der Waals surface area contributed by atoms with E-state index in [0.29, 0.717) is 35.6 Å².